The van der Waals surface area contributed by atoms with Crippen molar-refractivity contribution in [1.82, 2.24) is 10.2 Å². The van der Waals surface area contributed by atoms with Gasteiger partial charge >= 0.3 is 0 Å². The first kappa shape index (κ1) is 5.98. The van der Waals surface area contributed by atoms with Crippen molar-refractivity contribution in [3.05, 3.63) is 24.4 Å². The maximum atomic E-state index is 3.30. The van der Waals surface area contributed by atoms with E-state index in [1.54, 1.807) is 0 Å². The second-order valence-corrected chi connectivity index (χ2v) is 2.75. The summed E-state index contributed by atoms with van der Waals surface area (Å²) < 4.78 is 0. The minimum absolute atomic E-state index is 0.565. The van der Waals surface area contributed by atoms with E-state index in [0.29, 0.717) is 6.17 Å². The fourth-order valence-electron chi connectivity index (χ4n) is 1.45. The van der Waals surface area contributed by atoms with Gasteiger partial charge in [-0.3, -0.25) is 4.90 Å². The molecule has 0 saturated carbocycles. The molecular formula is C8H12N2. The van der Waals surface area contributed by atoms with Crippen molar-refractivity contribution < 1.29 is 0 Å². The van der Waals surface area contributed by atoms with Gasteiger partial charge in [0.25, 0.3) is 0 Å². The van der Waals surface area contributed by atoms with Crippen molar-refractivity contribution in [1.29, 1.82) is 0 Å². The lowest BCUT2D eigenvalue weighted by atomic mass is 10.3. The van der Waals surface area contributed by atoms with E-state index in [0.717, 1.165) is 19.5 Å². The molecule has 10 heavy (non-hydrogen) atoms. The van der Waals surface area contributed by atoms with Gasteiger partial charge in [0.2, 0.25) is 0 Å². The highest BCUT2D eigenvalue weighted by Gasteiger charge is 2.18. The first-order chi connectivity index (χ1) is 4.97. The van der Waals surface area contributed by atoms with E-state index in [4.69, 9.17) is 0 Å². The van der Waals surface area contributed by atoms with E-state index >= 15 is 0 Å². The van der Waals surface area contributed by atoms with Crippen LogP contribution in [0.15, 0.2) is 24.4 Å². The predicted molar refractivity (Wildman–Crippen MR) is 41.4 cm³/mol. The van der Waals surface area contributed by atoms with Crippen molar-refractivity contribution in [3.63, 3.8) is 0 Å². The summed E-state index contributed by atoms with van der Waals surface area (Å²) in [6, 6.07) is 0. The van der Waals surface area contributed by atoms with Gasteiger partial charge in [-0.15, -0.1) is 0 Å². The van der Waals surface area contributed by atoms with E-state index in [1.807, 2.05) is 6.20 Å². The van der Waals surface area contributed by atoms with Crippen LogP contribution in [0.3, 0.4) is 0 Å². The molecule has 0 amide bonds. The summed E-state index contributed by atoms with van der Waals surface area (Å²) in [7, 11) is 0. The Bertz CT molecular complexity index is 136. The van der Waals surface area contributed by atoms with Crippen molar-refractivity contribution in [2.45, 2.75) is 12.6 Å². The zero-order valence-electron chi connectivity index (χ0n) is 5.96. The molecule has 0 aromatic heterocycles. The van der Waals surface area contributed by atoms with Crippen molar-refractivity contribution >= 4 is 0 Å². The number of nitrogens with one attached hydrogen (secondary N) is 1. The summed E-state index contributed by atoms with van der Waals surface area (Å²) >= 11 is 0. The minimum Gasteiger partial charge on any atom is -0.376 e. The fourth-order valence-corrected chi connectivity index (χ4v) is 1.45. The van der Waals surface area contributed by atoms with E-state index in [9.17, 15) is 0 Å². The lowest BCUT2D eigenvalue weighted by molar-refractivity contribution is 0.241. The standard InChI is InChI=1S/C8H12N2/c1-2-7-10(6-1)8-4-3-5-9-8/h1-3,5,8-9H,4,6-7H2. The number of hydrogen-bond donors (Lipinski definition) is 1. The van der Waals surface area contributed by atoms with Crippen LogP contribution in [0.1, 0.15) is 6.42 Å². The van der Waals surface area contributed by atoms with Crippen LogP contribution in [0.25, 0.3) is 0 Å². The molecule has 1 atom stereocenters. The monoisotopic (exact) mass is 136 g/mol. The number of rotatable bonds is 1. The van der Waals surface area contributed by atoms with Crippen molar-refractivity contribution in [3.8, 4) is 0 Å². The van der Waals surface area contributed by atoms with Crippen molar-refractivity contribution in [2.24, 2.45) is 0 Å². The molecule has 2 aliphatic heterocycles. The largest absolute Gasteiger partial charge is 0.376 e. The zero-order chi connectivity index (χ0) is 6.81. The molecule has 0 saturated heterocycles. The van der Waals surface area contributed by atoms with Gasteiger partial charge in [-0.05, 0) is 6.20 Å². The Kier molecular flexibility index (Phi) is 1.47. The Labute approximate surface area is 61.2 Å². The zero-order valence-corrected chi connectivity index (χ0v) is 5.96. The highest BCUT2D eigenvalue weighted by Crippen LogP contribution is 2.10. The SMILES string of the molecule is C1=CNC(N2CC=CC2)C1. The molecule has 0 aromatic carbocycles. The summed E-state index contributed by atoms with van der Waals surface area (Å²) in [5, 5.41) is 3.30. The Morgan fingerprint density at radius 1 is 1.20 bits per heavy atom. The molecular weight excluding hydrogens is 124 g/mol. The van der Waals surface area contributed by atoms with E-state index < -0.39 is 0 Å². The van der Waals surface area contributed by atoms with Gasteiger partial charge in [0, 0.05) is 19.5 Å². The van der Waals surface area contributed by atoms with Gasteiger partial charge in [-0.25, -0.2) is 0 Å². The van der Waals surface area contributed by atoms with E-state index in [-0.39, 0.29) is 0 Å². The Hall–Kier alpha value is -0.760. The Morgan fingerprint density at radius 3 is 2.60 bits per heavy atom. The molecule has 0 fully saturated rings. The maximum Gasteiger partial charge on any atom is 0.0829 e. The van der Waals surface area contributed by atoms with E-state index in [2.05, 4.69) is 28.4 Å². The van der Waals surface area contributed by atoms with Gasteiger partial charge in [0.1, 0.15) is 0 Å². The summed E-state index contributed by atoms with van der Waals surface area (Å²) in [4.78, 5) is 2.42. The second-order valence-electron chi connectivity index (χ2n) is 2.75. The number of nitrogens with zero attached hydrogens (tertiary/aromatic N) is 1. The van der Waals surface area contributed by atoms with Gasteiger partial charge < -0.3 is 5.32 Å². The third kappa shape index (κ3) is 0.948. The van der Waals surface area contributed by atoms with Crippen LogP contribution in [-0.2, 0) is 0 Å². The molecule has 1 N–H and O–H groups in total. The van der Waals surface area contributed by atoms with Crippen LogP contribution < -0.4 is 5.32 Å². The highest BCUT2D eigenvalue weighted by molar-refractivity contribution is 5.02. The van der Waals surface area contributed by atoms with Crippen LogP contribution in [0.4, 0.5) is 0 Å². The van der Waals surface area contributed by atoms with Crippen LogP contribution >= 0.6 is 0 Å². The molecule has 2 rings (SSSR count). The highest BCUT2D eigenvalue weighted by atomic mass is 15.3. The molecule has 0 aromatic rings. The lowest BCUT2D eigenvalue weighted by Crippen LogP contribution is -2.39. The molecule has 0 bridgehead atoms. The Morgan fingerprint density at radius 2 is 2.00 bits per heavy atom. The molecule has 0 radical (unpaired) electrons. The van der Waals surface area contributed by atoms with Gasteiger partial charge in [0.15, 0.2) is 0 Å². The molecule has 0 aliphatic carbocycles. The molecule has 0 spiro atoms. The second kappa shape index (κ2) is 2.46. The topological polar surface area (TPSA) is 15.3 Å². The summed E-state index contributed by atoms with van der Waals surface area (Å²) in [6.07, 6.45) is 10.4. The third-order valence-corrected chi connectivity index (χ3v) is 2.05. The quantitative estimate of drug-likeness (QED) is 0.533. The average Bonchev–Trinajstić information content (AvgIpc) is 2.59. The van der Waals surface area contributed by atoms with Crippen LogP contribution in [0.2, 0.25) is 0 Å². The average molecular weight is 136 g/mol. The summed E-state index contributed by atoms with van der Waals surface area (Å²) in [5.74, 6) is 0. The van der Waals surface area contributed by atoms with E-state index in [1.165, 1.54) is 0 Å². The molecule has 2 aliphatic rings. The summed E-state index contributed by atoms with van der Waals surface area (Å²) in [5.41, 5.74) is 0. The molecule has 2 heterocycles. The first-order valence-corrected chi connectivity index (χ1v) is 3.77. The molecule has 1 unspecified atom stereocenters. The minimum atomic E-state index is 0.565. The van der Waals surface area contributed by atoms with Gasteiger partial charge in [-0.2, -0.15) is 0 Å². The predicted octanol–water partition coefficient (Wildman–Crippen LogP) is 0.691. The van der Waals surface area contributed by atoms with Crippen LogP contribution in [-0.4, -0.2) is 24.2 Å². The van der Waals surface area contributed by atoms with Crippen molar-refractivity contribution in [2.75, 3.05) is 13.1 Å². The number of hydrogen-bond acceptors (Lipinski definition) is 2. The third-order valence-electron chi connectivity index (χ3n) is 2.05. The maximum absolute atomic E-state index is 3.30. The van der Waals surface area contributed by atoms with Gasteiger partial charge in [0.05, 0.1) is 6.17 Å². The van der Waals surface area contributed by atoms with Crippen LogP contribution in [0, 0.1) is 0 Å². The molecule has 2 heteroatoms. The first-order valence-electron chi connectivity index (χ1n) is 3.77. The Balaban J connectivity index is 1.89. The fraction of sp³-hybridized carbons (Fsp3) is 0.500. The molecule has 2 nitrogen and oxygen atoms in total. The summed E-state index contributed by atoms with van der Waals surface area (Å²) in [6.45, 7) is 2.22. The lowest BCUT2D eigenvalue weighted by Gasteiger charge is -2.23. The smallest absolute Gasteiger partial charge is 0.0829 e. The normalized spacial score (nSPS) is 31.4. The van der Waals surface area contributed by atoms with Crippen LogP contribution in [0.5, 0.6) is 0 Å². The molecule has 54 valence electrons. The van der Waals surface area contributed by atoms with Gasteiger partial charge in [-0.1, -0.05) is 18.2 Å².